The van der Waals surface area contributed by atoms with E-state index in [0.717, 1.165) is 17.4 Å². The van der Waals surface area contributed by atoms with Crippen LogP contribution in [0.4, 0.5) is 5.69 Å². The molecule has 0 atom stereocenters. The van der Waals surface area contributed by atoms with Gasteiger partial charge >= 0.3 is 0 Å². The third kappa shape index (κ3) is 2.75. The van der Waals surface area contributed by atoms with Crippen LogP contribution in [0.3, 0.4) is 0 Å². The van der Waals surface area contributed by atoms with Gasteiger partial charge in [0.1, 0.15) is 6.61 Å². The molecule has 0 spiro atoms. The summed E-state index contributed by atoms with van der Waals surface area (Å²) in [6.07, 6.45) is 2.59. The van der Waals surface area contributed by atoms with Crippen molar-refractivity contribution in [3.05, 3.63) is 58.6 Å². The second-order valence-corrected chi connectivity index (χ2v) is 5.54. The molecule has 0 heterocycles. The van der Waals surface area contributed by atoms with Crippen molar-refractivity contribution >= 4 is 17.3 Å². The minimum atomic E-state index is 0.561. The summed E-state index contributed by atoms with van der Waals surface area (Å²) in [6, 6.07) is 14.3. The molecule has 0 aliphatic heterocycles. The maximum atomic E-state index is 6.22. The maximum absolute atomic E-state index is 6.22. The molecule has 1 fully saturated rings. The van der Waals surface area contributed by atoms with Crippen LogP contribution in [0.1, 0.15) is 29.9 Å². The van der Waals surface area contributed by atoms with Gasteiger partial charge in [-0.15, -0.1) is 0 Å². The Balaban J connectivity index is 1.80. The van der Waals surface area contributed by atoms with Crippen molar-refractivity contribution in [2.75, 3.05) is 12.4 Å². The lowest BCUT2D eigenvalue weighted by atomic mass is 10.0. The summed E-state index contributed by atoms with van der Waals surface area (Å²) >= 11 is 6.22. The van der Waals surface area contributed by atoms with Gasteiger partial charge in [-0.3, -0.25) is 0 Å². The Morgan fingerprint density at radius 1 is 1.15 bits per heavy atom. The monoisotopic (exact) mass is 287 g/mol. The molecule has 20 heavy (non-hydrogen) atoms. The Labute approximate surface area is 124 Å². The molecule has 1 N–H and O–H groups in total. The van der Waals surface area contributed by atoms with Crippen LogP contribution in [-0.2, 0) is 6.61 Å². The van der Waals surface area contributed by atoms with Crippen molar-refractivity contribution in [2.45, 2.75) is 25.4 Å². The van der Waals surface area contributed by atoms with Gasteiger partial charge in [0.2, 0.25) is 0 Å². The number of ether oxygens (including phenoxy) is 1. The number of anilines is 1. The number of benzene rings is 2. The third-order valence-electron chi connectivity index (χ3n) is 3.68. The quantitative estimate of drug-likeness (QED) is 0.850. The minimum absolute atomic E-state index is 0.561. The van der Waals surface area contributed by atoms with Gasteiger partial charge in [0.05, 0.1) is 10.7 Å². The zero-order valence-electron chi connectivity index (χ0n) is 11.5. The number of hydrogen-bond acceptors (Lipinski definition) is 2. The zero-order chi connectivity index (χ0) is 13.9. The molecule has 2 nitrogen and oxygen atoms in total. The molecule has 0 radical (unpaired) electrons. The molecule has 1 aliphatic carbocycles. The summed E-state index contributed by atoms with van der Waals surface area (Å²) in [5.74, 6) is 1.45. The molecule has 3 heteroatoms. The van der Waals surface area contributed by atoms with Crippen LogP contribution in [0.5, 0.6) is 5.75 Å². The fourth-order valence-electron chi connectivity index (χ4n) is 2.46. The zero-order valence-corrected chi connectivity index (χ0v) is 12.3. The van der Waals surface area contributed by atoms with E-state index < -0.39 is 0 Å². The van der Waals surface area contributed by atoms with Crippen molar-refractivity contribution in [1.29, 1.82) is 0 Å². The second kappa shape index (κ2) is 5.76. The maximum Gasteiger partial charge on any atom is 0.161 e. The van der Waals surface area contributed by atoms with E-state index in [-0.39, 0.29) is 0 Å². The predicted molar refractivity (Wildman–Crippen MR) is 83.7 cm³/mol. The molecule has 1 saturated carbocycles. The van der Waals surface area contributed by atoms with E-state index in [1.54, 1.807) is 0 Å². The number of para-hydroxylation sites is 1. The lowest BCUT2D eigenvalue weighted by Gasteiger charge is -2.14. The van der Waals surface area contributed by atoms with E-state index >= 15 is 0 Å². The Bertz CT molecular complexity index is 608. The average molecular weight is 288 g/mol. The number of rotatable bonds is 5. The lowest BCUT2D eigenvalue weighted by molar-refractivity contribution is 0.306. The topological polar surface area (TPSA) is 21.3 Å². The molecule has 2 aromatic carbocycles. The average Bonchev–Trinajstić information content (AvgIpc) is 3.30. The summed E-state index contributed by atoms with van der Waals surface area (Å²) in [6.45, 7) is 0.561. The van der Waals surface area contributed by atoms with Gasteiger partial charge < -0.3 is 10.1 Å². The smallest absolute Gasteiger partial charge is 0.161 e. The molecule has 0 unspecified atom stereocenters. The molecule has 0 saturated heterocycles. The highest BCUT2D eigenvalue weighted by Crippen LogP contribution is 2.42. The Morgan fingerprint density at radius 2 is 1.95 bits per heavy atom. The van der Waals surface area contributed by atoms with Crippen molar-refractivity contribution in [2.24, 2.45) is 0 Å². The molecule has 2 aromatic rings. The summed E-state index contributed by atoms with van der Waals surface area (Å²) in [4.78, 5) is 0. The first kappa shape index (κ1) is 13.3. The van der Waals surface area contributed by atoms with E-state index in [9.17, 15) is 0 Å². The van der Waals surface area contributed by atoms with E-state index in [4.69, 9.17) is 16.3 Å². The molecule has 0 amide bonds. The Kier molecular flexibility index (Phi) is 3.83. The Hall–Kier alpha value is -1.67. The highest BCUT2D eigenvalue weighted by Gasteiger charge is 2.25. The van der Waals surface area contributed by atoms with Gasteiger partial charge in [-0.05, 0) is 42.0 Å². The van der Waals surface area contributed by atoms with E-state index in [1.807, 2.05) is 25.2 Å². The van der Waals surface area contributed by atoms with E-state index in [2.05, 4.69) is 29.6 Å². The van der Waals surface area contributed by atoms with Crippen LogP contribution >= 0.6 is 11.6 Å². The third-order valence-corrected chi connectivity index (χ3v) is 3.98. The van der Waals surface area contributed by atoms with Gasteiger partial charge in [0.25, 0.3) is 0 Å². The first-order valence-corrected chi connectivity index (χ1v) is 7.34. The number of halogens is 1. The molecular weight excluding hydrogens is 270 g/mol. The summed E-state index contributed by atoms with van der Waals surface area (Å²) in [5, 5.41) is 3.75. The first-order chi connectivity index (χ1) is 9.79. The molecule has 0 bridgehead atoms. The van der Waals surface area contributed by atoms with Crippen LogP contribution in [0, 0.1) is 0 Å². The van der Waals surface area contributed by atoms with Gasteiger partial charge in [-0.25, -0.2) is 0 Å². The van der Waals surface area contributed by atoms with Gasteiger partial charge in [0.15, 0.2) is 5.75 Å². The first-order valence-electron chi connectivity index (χ1n) is 6.96. The number of nitrogens with one attached hydrogen (secondary N) is 1. The van der Waals surface area contributed by atoms with Crippen LogP contribution in [0.15, 0.2) is 42.5 Å². The highest BCUT2D eigenvalue weighted by atomic mass is 35.5. The summed E-state index contributed by atoms with van der Waals surface area (Å²) in [5.41, 5.74) is 3.60. The fourth-order valence-corrected chi connectivity index (χ4v) is 2.69. The molecule has 3 rings (SSSR count). The van der Waals surface area contributed by atoms with Crippen LogP contribution in [-0.4, -0.2) is 7.05 Å². The fraction of sp³-hybridized carbons (Fsp3) is 0.294. The molecule has 1 aliphatic rings. The van der Waals surface area contributed by atoms with Crippen LogP contribution < -0.4 is 10.1 Å². The lowest BCUT2D eigenvalue weighted by Crippen LogP contribution is -2.02. The van der Waals surface area contributed by atoms with Crippen LogP contribution in [0.25, 0.3) is 0 Å². The standard InChI is InChI=1S/C17H18ClNO/c1-19-16-8-4-7-15(18)17(16)20-11-13-5-2-3-6-14(13)12-9-10-12/h2-8,12,19H,9-11H2,1H3. The van der Waals surface area contributed by atoms with E-state index in [0.29, 0.717) is 11.6 Å². The molecular formula is C17H18ClNO. The molecule has 104 valence electrons. The van der Waals surface area contributed by atoms with Crippen molar-refractivity contribution in [1.82, 2.24) is 0 Å². The largest absolute Gasteiger partial charge is 0.485 e. The number of hydrogen-bond donors (Lipinski definition) is 1. The second-order valence-electron chi connectivity index (χ2n) is 5.13. The van der Waals surface area contributed by atoms with Crippen molar-refractivity contribution in [3.8, 4) is 5.75 Å². The normalized spacial score (nSPS) is 14.1. The summed E-state index contributed by atoms with van der Waals surface area (Å²) in [7, 11) is 1.87. The van der Waals surface area contributed by atoms with E-state index in [1.165, 1.54) is 24.0 Å². The predicted octanol–water partition coefficient (Wildman–Crippen LogP) is 4.84. The minimum Gasteiger partial charge on any atom is -0.485 e. The van der Waals surface area contributed by atoms with Crippen molar-refractivity contribution < 1.29 is 4.74 Å². The Morgan fingerprint density at radius 3 is 2.70 bits per heavy atom. The molecule has 0 aromatic heterocycles. The van der Waals surface area contributed by atoms with Gasteiger partial charge in [0, 0.05) is 7.05 Å². The van der Waals surface area contributed by atoms with Gasteiger partial charge in [-0.2, -0.15) is 0 Å². The highest BCUT2D eigenvalue weighted by molar-refractivity contribution is 6.32. The summed E-state index contributed by atoms with van der Waals surface area (Å²) < 4.78 is 5.97. The van der Waals surface area contributed by atoms with Crippen LogP contribution in [0.2, 0.25) is 5.02 Å². The van der Waals surface area contributed by atoms with Crippen molar-refractivity contribution in [3.63, 3.8) is 0 Å². The van der Waals surface area contributed by atoms with Gasteiger partial charge in [-0.1, -0.05) is 41.9 Å². The SMILES string of the molecule is CNc1cccc(Cl)c1OCc1ccccc1C1CC1.